The third-order valence-corrected chi connectivity index (χ3v) is 3.87. The fraction of sp³-hybridized carbons (Fsp3) is 0.417. The number of aromatic nitrogens is 4. The van der Waals surface area contributed by atoms with Gasteiger partial charge in [0.1, 0.15) is 11.6 Å². The van der Waals surface area contributed by atoms with Gasteiger partial charge >= 0.3 is 5.69 Å². The van der Waals surface area contributed by atoms with Crippen LogP contribution >= 0.6 is 11.8 Å². The summed E-state index contributed by atoms with van der Waals surface area (Å²) >= 11 is 1.13. The topological polar surface area (TPSA) is 98.8 Å². The Morgan fingerprint density at radius 1 is 1.43 bits per heavy atom. The SMILES string of the molecule is CCCNc1ccc([N+](=O)[O-])c(Sc2nnc(C)n2C)n1. The van der Waals surface area contributed by atoms with E-state index < -0.39 is 4.92 Å². The summed E-state index contributed by atoms with van der Waals surface area (Å²) in [4.78, 5) is 15.0. The Morgan fingerprint density at radius 3 is 2.76 bits per heavy atom. The summed E-state index contributed by atoms with van der Waals surface area (Å²) in [5.74, 6) is 1.35. The molecule has 0 saturated carbocycles. The van der Waals surface area contributed by atoms with Crippen molar-refractivity contribution in [2.24, 2.45) is 7.05 Å². The van der Waals surface area contributed by atoms with E-state index in [-0.39, 0.29) is 5.69 Å². The summed E-state index contributed by atoms with van der Waals surface area (Å²) in [6.07, 6.45) is 0.948. The van der Waals surface area contributed by atoms with E-state index in [1.54, 1.807) is 10.6 Å². The molecule has 2 aromatic heterocycles. The van der Waals surface area contributed by atoms with Crippen LogP contribution in [-0.2, 0) is 7.05 Å². The highest BCUT2D eigenvalue weighted by Gasteiger charge is 2.20. The fourth-order valence-corrected chi connectivity index (χ4v) is 2.48. The number of nitro groups is 1. The molecule has 0 atom stereocenters. The molecule has 0 aromatic carbocycles. The quantitative estimate of drug-likeness (QED) is 0.646. The van der Waals surface area contributed by atoms with Crippen molar-refractivity contribution < 1.29 is 4.92 Å². The van der Waals surface area contributed by atoms with Crippen LogP contribution in [-0.4, -0.2) is 31.2 Å². The molecule has 0 aliphatic carbocycles. The van der Waals surface area contributed by atoms with E-state index in [0.29, 0.717) is 16.0 Å². The van der Waals surface area contributed by atoms with Gasteiger partial charge in [0.25, 0.3) is 0 Å². The molecule has 9 heteroatoms. The highest BCUT2D eigenvalue weighted by molar-refractivity contribution is 7.99. The second-order valence-corrected chi connectivity index (χ2v) is 5.35. The number of aryl methyl sites for hydroxylation is 1. The molecule has 0 aliphatic heterocycles. The van der Waals surface area contributed by atoms with Gasteiger partial charge in [-0.1, -0.05) is 6.92 Å². The summed E-state index contributed by atoms with van der Waals surface area (Å²) in [7, 11) is 1.81. The highest BCUT2D eigenvalue weighted by Crippen LogP contribution is 2.33. The molecule has 2 heterocycles. The van der Waals surface area contributed by atoms with Crippen molar-refractivity contribution in [1.82, 2.24) is 19.7 Å². The Hall–Kier alpha value is -2.16. The maximum absolute atomic E-state index is 11.1. The van der Waals surface area contributed by atoms with Crippen molar-refractivity contribution in [3.8, 4) is 0 Å². The van der Waals surface area contributed by atoms with Crippen molar-refractivity contribution in [1.29, 1.82) is 0 Å². The minimum atomic E-state index is -0.442. The summed E-state index contributed by atoms with van der Waals surface area (Å²) in [5, 5.41) is 23.0. The monoisotopic (exact) mass is 308 g/mol. The lowest BCUT2D eigenvalue weighted by atomic mass is 10.4. The Morgan fingerprint density at radius 2 is 2.19 bits per heavy atom. The third kappa shape index (κ3) is 3.48. The smallest absolute Gasteiger partial charge is 0.301 e. The summed E-state index contributed by atoms with van der Waals surface area (Å²) in [5.41, 5.74) is -0.0392. The normalized spacial score (nSPS) is 10.6. The molecule has 0 saturated heterocycles. The lowest BCUT2D eigenvalue weighted by Gasteiger charge is -2.06. The molecular weight excluding hydrogens is 292 g/mol. The van der Waals surface area contributed by atoms with Gasteiger partial charge in [-0.05, 0) is 31.2 Å². The molecule has 112 valence electrons. The van der Waals surface area contributed by atoms with Gasteiger partial charge in [-0.15, -0.1) is 10.2 Å². The predicted octanol–water partition coefficient (Wildman–Crippen LogP) is 2.40. The number of nitrogens with one attached hydrogen (secondary N) is 1. The van der Waals surface area contributed by atoms with E-state index in [9.17, 15) is 10.1 Å². The Balaban J connectivity index is 2.34. The average Bonchev–Trinajstić information content (AvgIpc) is 2.77. The van der Waals surface area contributed by atoms with Gasteiger partial charge in [-0.3, -0.25) is 10.1 Å². The van der Waals surface area contributed by atoms with Crippen molar-refractivity contribution in [2.45, 2.75) is 30.5 Å². The van der Waals surface area contributed by atoms with E-state index in [0.717, 1.165) is 30.6 Å². The van der Waals surface area contributed by atoms with Crippen LogP contribution in [0.3, 0.4) is 0 Å². The molecule has 1 N–H and O–H groups in total. The molecule has 2 rings (SSSR count). The molecule has 0 amide bonds. The second-order valence-electron chi connectivity index (χ2n) is 4.40. The van der Waals surface area contributed by atoms with Crippen LogP contribution in [0.1, 0.15) is 19.2 Å². The first-order valence-corrected chi connectivity index (χ1v) is 7.27. The van der Waals surface area contributed by atoms with Crippen LogP contribution in [0.15, 0.2) is 22.3 Å². The third-order valence-electron chi connectivity index (χ3n) is 2.83. The molecule has 2 aromatic rings. The molecule has 0 fully saturated rings. The molecule has 0 radical (unpaired) electrons. The largest absolute Gasteiger partial charge is 0.370 e. The molecule has 21 heavy (non-hydrogen) atoms. The predicted molar refractivity (Wildman–Crippen MR) is 79.5 cm³/mol. The number of anilines is 1. The lowest BCUT2D eigenvalue weighted by molar-refractivity contribution is -0.388. The standard InChI is InChI=1S/C12H16N6O2S/c1-4-7-13-10-6-5-9(18(19)20)11(14-10)21-12-16-15-8(2)17(12)3/h5-6H,4,7H2,1-3H3,(H,13,14). The van der Waals surface area contributed by atoms with E-state index in [1.165, 1.54) is 6.07 Å². The van der Waals surface area contributed by atoms with Crippen LogP contribution in [0.4, 0.5) is 11.5 Å². The Bertz CT molecular complexity index is 657. The first-order chi connectivity index (χ1) is 10.0. The van der Waals surface area contributed by atoms with Gasteiger partial charge < -0.3 is 9.88 Å². The van der Waals surface area contributed by atoms with Crippen LogP contribution in [0.25, 0.3) is 0 Å². The zero-order valence-electron chi connectivity index (χ0n) is 12.0. The van der Waals surface area contributed by atoms with Gasteiger partial charge in [0.05, 0.1) is 4.92 Å². The summed E-state index contributed by atoms with van der Waals surface area (Å²) in [6.45, 7) is 4.62. The van der Waals surface area contributed by atoms with Gasteiger partial charge in [0.15, 0.2) is 10.2 Å². The van der Waals surface area contributed by atoms with Crippen LogP contribution in [0, 0.1) is 17.0 Å². The number of rotatable bonds is 6. The Labute approximate surface area is 126 Å². The minimum absolute atomic E-state index is 0.0392. The number of hydrogen-bond acceptors (Lipinski definition) is 7. The van der Waals surface area contributed by atoms with Crippen LogP contribution in [0.5, 0.6) is 0 Å². The van der Waals surface area contributed by atoms with E-state index in [2.05, 4.69) is 20.5 Å². The average molecular weight is 308 g/mol. The van der Waals surface area contributed by atoms with Crippen molar-refractivity contribution in [3.05, 3.63) is 28.1 Å². The molecule has 0 aliphatic rings. The van der Waals surface area contributed by atoms with Crippen LogP contribution in [0.2, 0.25) is 0 Å². The molecular formula is C12H16N6O2S. The molecule has 8 nitrogen and oxygen atoms in total. The zero-order valence-corrected chi connectivity index (χ0v) is 12.8. The van der Waals surface area contributed by atoms with Crippen molar-refractivity contribution >= 4 is 23.3 Å². The van der Waals surface area contributed by atoms with E-state index >= 15 is 0 Å². The van der Waals surface area contributed by atoms with Gasteiger partial charge in [-0.2, -0.15) is 0 Å². The summed E-state index contributed by atoms with van der Waals surface area (Å²) in [6, 6.07) is 3.07. The molecule has 0 bridgehead atoms. The van der Waals surface area contributed by atoms with Crippen LogP contribution < -0.4 is 5.32 Å². The molecule has 0 unspecified atom stereocenters. The first kappa shape index (κ1) is 15.2. The maximum atomic E-state index is 11.1. The number of nitrogens with zero attached hydrogens (tertiary/aromatic N) is 5. The summed E-state index contributed by atoms with van der Waals surface area (Å²) < 4.78 is 1.77. The van der Waals surface area contributed by atoms with E-state index in [4.69, 9.17) is 0 Å². The lowest BCUT2D eigenvalue weighted by Crippen LogP contribution is -2.04. The fourth-order valence-electron chi connectivity index (χ4n) is 1.56. The van der Waals surface area contributed by atoms with Gasteiger partial charge in [0.2, 0.25) is 0 Å². The first-order valence-electron chi connectivity index (χ1n) is 6.46. The van der Waals surface area contributed by atoms with Gasteiger partial charge in [-0.25, -0.2) is 4.98 Å². The zero-order chi connectivity index (χ0) is 15.4. The maximum Gasteiger partial charge on any atom is 0.301 e. The van der Waals surface area contributed by atoms with Crippen molar-refractivity contribution in [2.75, 3.05) is 11.9 Å². The van der Waals surface area contributed by atoms with Crippen molar-refractivity contribution in [3.63, 3.8) is 0 Å². The molecule has 0 spiro atoms. The number of hydrogen-bond donors (Lipinski definition) is 1. The Kier molecular flexibility index (Phi) is 4.73. The van der Waals surface area contributed by atoms with E-state index in [1.807, 2.05) is 20.9 Å². The minimum Gasteiger partial charge on any atom is -0.370 e. The number of pyridine rings is 1. The highest BCUT2D eigenvalue weighted by atomic mass is 32.2. The van der Waals surface area contributed by atoms with Gasteiger partial charge in [0, 0.05) is 19.7 Å². The second kappa shape index (κ2) is 6.53.